The van der Waals surface area contributed by atoms with Crippen LogP contribution >= 0.6 is 0 Å². The minimum Gasteiger partial charge on any atom is -0.481 e. The van der Waals surface area contributed by atoms with Crippen LogP contribution in [0.25, 0.3) is 0 Å². The third kappa shape index (κ3) is 2.87. The maximum absolute atomic E-state index is 12.9. The summed E-state index contributed by atoms with van der Waals surface area (Å²) in [6.45, 7) is 8.05. The van der Waals surface area contributed by atoms with Gasteiger partial charge in [0.2, 0.25) is 5.91 Å². The minimum absolute atomic E-state index is 0.00218. The number of carbonyl (C=O) groups is 2. The number of hydrogen-bond acceptors (Lipinski definition) is 3. The van der Waals surface area contributed by atoms with Crippen molar-refractivity contribution in [1.29, 1.82) is 0 Å². The molecular weight excluding hydrogens is 282 g/mol. The molecule has 2 heterocycles. The summed E-state index contributed by atoms with van der Waals surface area (Å²) in [6, 6.07) is 0.0860. The summed E-state index contributed by atoms with van der Waals surface area (Å²) < 4.78 is 1.79. The molecule has 1 fully saturated rings. The Kier molecular flexibility index (Phi) is 4.58. The maximum atomic E-state index is 12.9. The first kappa shape index (κ1) is 16.5. The van der Waals surface area contributed by atoms with Gasteiger partial charge in [0.15, 0.2) is 0 Å². The topological polar surface area (TPSA) is 75.4 Å². The Labute approximate surface area is 131 Å². The third-order valence-electron chi connectivity index (χ3n) is 4.88. The van der Waals surface area contributed by atoms with E-state index in [2.05, 4.69) is 5.10 Å². The highest BCUT2D eigenvalue weighted by atomic mass is 16.4. The van der Waals surface area contributed by atoms with Gasteiger partial charge in [-0.25, -0.2) is 0 Å². The van der Waals surface area contributed by atoms with Crippen LogP contribution in [0, 0.1) is 19.8 Å². The van der Waals surface area contributed by atoms with E-state index in [0.29, 0.717) is 13.0 Å². The van der Waals surface area contributed by atoms with Crippen molar-refractivity contribution in [2.75, 3.05) is 6.54 Å². The molecule has 0 saturated carbocycles. The van der Waals surface area contributed by atoms with E-state index in [4.69, 9.17) is 0 Å². The number of hydrogen-bond donors (Lipinski definition) is 1. The SMILES string of the molecule is Cc1nn(C)c(C)c1C(C)C(=O)N1CC(C(=O)O)CCC1C. The summed E-state index contributed by atoms with van der Waals surface area (Å²) in [5.41, 5.74) is 2.80. The molecule has 1 N–H and O–H groups in total. The molecule has 0 aromatic carbocycles. The first-order valence-electron chi connectivity index (χ1n) is 7.77. The summed E-state index contributed by atoms with van der Waals surface area (Å²) >= 11 is 0. The summed E-state index contributed by atoms with van der Waals surface area (Å²) in [7, 11) is 1.87. The predicted octanol–water partition coefficient (Wildman–Crippen LogP) is 1.85. The van der Waals surface area contributed by atoms with E-state index in [1.165, 1.54) is 0 Å². The average Bonchev–Trinajstić information content (AvgIpc) is 2.71. The van der Waals surface area contributed by atoms with E-state index < -0.39 is 11.9 Å². The quantitative estimate of drug-likeness (QED) is 0.924. The molecule has 0 aliphatic carbocycles. The highest BCUT2D eigenvalue weighted by Gasteiger charge is 2.35. The van der Waals surface area contributed by atoms with Crippen LogP contribution < -0.4 is 0 Å². The normalized spacial score (nSPS) is 23.4. The predicted molar refractivity (Wildman–Crippen MR) is 82.6 cm³/mol. The summed E-state index contributed by atoms with van der Waals surface area (Å²) in [6.07, 6.45) is 1.38. The van der Waals surface area contributed by atoms with Crippen LogP contribution in [0.5, 0.6) is 0 Å². The summed E-state index contributed by atoms with van der Waals surface area (Å²) in [5.74, 6) is -1.57. The van der Waals surface area contributed by atoms with Crippen molar-refractivity contribution in [2.45, 2.75) is 52.5 Å². The van der Waals surface area contributed by atoms with E-state index in [-0.39, 0.29) is 17.9 Å². The molecule has 6 heteroatoms. The number of carboxylic acids is 1. The molecule has 1 aliphatic rings. The number of rotatable bonds is 3. The maximum Gasteiger partial charge on any atom is 0.308 e. The van der Waals surface area contributed by atoms with Gasteiger partial charge in [0.25, 0.3) is 0 Å². The van der Waals surface area contributed by atoms with E-state index in [0.717, 1.165) is 23.4 Å². The summed E-state index contributed by atoms with van der Waals surface area (Å²) in [4.78, 5) is 25.9. The Hall–Kier alpha value is -1.85. The van der Waals surface area contributed by atoms with Crippen LogP contribution in [0.1, 0.15) is 49.6 Å². The van der Waals surface area contributed by atoms with Gasteiger partial charge in [0.1, 0.15) is 0 Å². The van der Waals surface area contributed by atoms with E-state index in [1.54, 1.807) is 9.58 Å². The molecule has 3 unspecified atom stereocenters. The molecule has 6 nitrogen and oxygen atoms in total. The molecule has 0 spiro atoms. The van der Waals surface area contributed by atoms with Gasteiger partial charge >= 0.3 is 5.97 Å². The number of amides is 1. The Bertz CT molecular complexity index is 594. The van der Waals surface area contributed by atoms with Crippen molar-refractivity contribution < 1.29 is 14.7 Å². The lowest BCUT2D eigenvalue weighted by atomic mass is 9.90. The fourth-order valence-corrected chi connectivity index (χ4v) is 3.40. The van der Waals surface area contributed by atoms with E-state index >= 15 is 0 Å². The number of aryl methyl sites for hydroxylation is 2. The third-order valence-corrected chi connectivity index (χ3v) is 4.88. The monoisotopic (exact) mass is 307 g/mol. The Morgan fingerprint density at radius 3 is 2.45 bits per heavy atom. The molecule has 3 atom stereocenters. The Balaban J connectivity index is 2.24. The fraction of sp³-hybridized carbons (Fsp3) is 0.688. The van der Waals surface area contributed by atoms with E-state index in [1.807, 2.05) is 34.7 Å². The van der Waals surface area contributed by atoms with Crippen molar-refractivity contribution in [1.82, 2.24) is 14.7 Å². The number of aromatic nitrogens is 2. The second-order valence-electron chi connectivity index (χ2n) is 6.38. The van der Waals surface area contributed by atoms with Crippen molar-refractivity contribution >= 4 is 11.9 Å². The number of carbonyl (C=O) groups excluding carboxylic acids is 1. The van der Waals surface area contributed by atoms with Crippen molar-refractivity contribution in [2.24, 2.45) is 13.0 Å². The van der Waals surface area contributed by atoms with Crippen molar-refractivity contribution in [3.63, 3.8) is 0 Å². The first-order valence-corrected chi connectivity index (χ1v) is 7.77. The lowest BCUT2D eigenvalue weighted by Crippen LogP contribution is -2.48. The molecule has 122 valence electrons. The van der Waals surface area contributed by atoms with Gasteiger partial charge in [0.05, 0.1) is 17.5 Å². The van der Waals surface area contributed by atoms with Crippen molar-refractivity contribution in [3.05, 3.63) is 17.0 Å². The second-order valence-corrected chi connectivity index (χ2v) is 6.38. The van der Waals surface area contributed by atoms with Gasteiger partial charge in [-0.05, 0) is 40.5 Å². The lowest BCUT2D eigenvalue weighted by molar-refractivity contribution is -0.147. The number of piperidine rings is 1. The first-order chi connectivity index (χ1) is 10.2. The highest BCUT2D eigenvalue weighted by molar-refractivity contribution is 5.85. The van der Waals surface area contributed by atoms with Crippen LogP contribution in [-0.2, 0) is 16.6 Å². The van der Waals surface area contributed by atoms with Crippen molar-refractivity contribution in [3.8, 4) is 0 Å². The van der Waals surface area contributed by atoms with Gasteiger partial charge in [-0.2, -0.15) is 5.10 Å². The number of aliphatic carboxylic acids is 1. The van der Waals surface area contributed by atoms with Gasteiger partial charge in [-0.3, -0.25) is 14.3 Å². The largest absolute Gasteiger partial charge is 0.481 e. The smallest absolute Gasteiger partial charge is 0.308 e. The molecule has 0 radical (unpaired) electrons. The zero-order valence-electron chi connectivity index (χ0n) is 14.0. The zero-order valence-corrected chi connectivity index (χ0v) is 14.0. The van der Waals surface area contributed by atoms with Gasteiger partial charge in [-0.1, -0.05) is 0 Å². The molecule has 2 rings (SSSR count). The molecule has 1 aromatic heterocycles. The lowest BCUT2D eigenvalue weighted by Gasteiger charge is -2.38. The van der Waals surface area contributed by atoms with Crippen LogP contribution in [0.3, 0.4) is 0 Å². The van der Waals surface area contributed by atoms with Gasteiger partial charge < -0.3 is 10.0 Å². The van der Waals surface area contributed by atoms with E-state index in [9.17, 15) is 14.7 Å². The van der Waals surface area contributed by atoms with Crippen LogP contribution in [0.15, 0.2) is 0 Å². The number of likely N-dealkylation sites (tertiary alicyclic amines) is 1. The Morgan fingerprint density at radius 2 is 1.95 bits per heavy atom. The Morgan fingerprint density at radius 1 is 1.32 bits per heavy atom. The molecule has 0 bridgehead atoms. The molecule has 1 saturated heterocycles. The highest BCUT2D eigenvalue weighted by Crippen LogP contribution is 2.29. The average molecular weight is 307 g/mol. The van der Waals surface area contributed by atoms with Gasteiger partial charge in [0, 0.05) is 30.9 Å². The van der Waals surface area contributed by atoms with Crippen LogP contribution in [0.2, 0.25) is 0 Å². The number of nitrogens with zero attached hydrogens (tertiary/aromatic N) is 3. The summed E-state index contributed by atoms with van der Waals surface area (Å²) in [5, 5.41) is 13.6. The molecule has 1 aromatic rings. The molecule has 1 amide bonds. The molecule has 22 heavy (non-hydrogen) atoms. The molecular formula is C16H25N3O3. The number of carboxylic acid groups (broad SMARTS) is 1. The standard InChI is InChI=1S/C16H25N3O3/c1-9-6-7-13(16(21)22)8-19(9)15(20)10(2)14-11(3)17-18(5)12(14)4/h9-10,13H,6-8H2,1-5H3,(H,21,22). The van der Waals surface area contributed by atoms with Crippen LogP contribution in [-0.4, -0.2) is 44.3 Å². The minimum atomic E-state index is -0.814. The fourth-order valence-electron chi connectivity index (χ4n) is 3.40. The van der Waals surface area contributed by atoms with Crippen LogP contribution in [0.4, 0.5) is 0 Å². The second kappa shape index (κ2) is 6.10. The zero-order chi connectivity index (χ0) is 16.6. The molecule has 1 aliphatic heterocycles. The van der Waals surface area contributed by atoms with Gasteiger partial charge in [-0.15, -0.1) is 0 Å².